The second kappa shape index (κ2) is 18.1. The molecular formula is C37H48N2O8S2. The second-order valence-electron chi connectivity index (χ2n) is 12.2. The number of unbranched alkanes of at least 4 members (excludes halogenated alkanes) is 3. The van der Waals surface area contributed by atoms with E-state index in [1.807, 2.05) is 80.6 Å². The molecule has 49 heavy (non-hydrogen) atoms. The van der Waals surface area contributed by atoms with Crippen LogP contribution in [0, 0.1) is 0 Å². The molecule has 12 heteroatoms. The van der Waals surface area contributed by atoms with E-state index in [-0.39, 0.29) is 16.6 Å². The van der Waals surface area contributed by atoms with Crippen molar-refractivity contribution < 1.29 is 35.5 Å². The van der Waals surface area contributed by atoms with Crippen molar-refractivity contribution in [1.82, 2.24) is 0 Å². The Bertz CT molecular complexity index is 1810. The highest BCUT2D eigenvalue weighted by molar-refractivity contribution is 7.86. The molecule has 0 saturated heterocycles. The van der Waals surface area contributed by atoms with Gasteiger partial charge in [0.25, 0.3) is 20.2 Å². The van der Waals surface area contributed by atoms with Crippen molar-refractivity contribution in [3.63, 3.8) is 0 Å². The Labute approximate surface area is 291 Å². The first-order valence-corrected chi connectivity index (χ1v) is 19.4. The molecule has 3 rings (SSSR count). The highest BCUT2D eigenvalue weighted by Gasteiger charge is 2.28. The van der Waals surface area contributed by atoms with Crippen LogP contribution in [-0.2, 0) is 35.2 Å². The minimum Gasteiger partial charge on any atom is -0.466 e. The fraction of sp³-hybridized carbons (Fsp3) is 0.378. The van der Waals surface area contributed by atoms with Gasteiger partial charge >= 0.3 is 5.97 Å². The topological polar surface area (TPSA) is 150 Å². The molecule has 0 fully saturated rings. The average Bonchev–Trinajstić information content (AvgIpc) is 3.04. The Balaban J connectivity index is 1.72. The summed E-state index contributed by atoms with van der Waals surface area (Å²) in [6, 6.07) is 12.4. The lowest BCUT2D eigenvalue weighted by atomic mass is 9.77. The molecule has 0 aromatic heterocycles. The van der Waals surface area contributed by atoms with Crippen LogP contribution in [0.2, 0.25) is 0 Å². The van der Waals surface area contributed by atoms with Crippen LogP contribution in [0.4, 0.5) is 11.4 Å². The Kier molecular flexibility index (Phi) is 14.6. The number of hydrogen-bond donors (Lipinski definition) is 3. The number of benzene rings is 2. The normalized spacial score (nSPS) is 14.5. The van der Waals surface area contributed by atoms with E-state index in [0.29, 0.717) is 56.5 Å². The number of fused-ring (bicyclic) bond motifs is 1. The first-order chi connectivity index (χ1) is 23.1. The number of rotatable bonds is 19. The fourth-order valence-electron chi connectivity index (χ4n) is 5.38. The molecule has 0 unspecified atom stereocenters. The monoisotopic (exact) mass is 712 g/mol. The lowest BCUT2D eigenvalue weighted by Gasteiger charge is -2.30. The summed E-state index contributed by atoms with van der Waals surface area (Å²) in [5.41, 5.74) is 4.36. The molecule has 1 heterocycles. The van der Waals surface area contributed by atoms with Gasteiger partial charge in [0.05, 0.1) is 17.3 Å². The van der Waals surface area contributed by atoms with Crippen LogP contribution in [0.25, 0.3) is 6.08 Å². The van der Waals surface area contributed by atoms with Gasteiger partial charge in [-0.1, -0.05) is 75.4 Å². The van der Waals surface area contributed by atoms with Crippen LogP contribution in [0.3, 0.4) is 0 Å². The van der Waals surface area contributed by atoms with Gasteiger partial charge in [-0.2, -0.15) is 16.8 Å². The van der Waals surface area contributed by atoms with Gasteiger partial charge in [-0.05, 0) is 85.7 Å². The summed E-state index contributed by atoms with van der Waals surface area (Å²) >= 11 is 0. The minimum absolute atomic E-state index is 0.205. The van der Waals surface area contributed by atoms with E-state index in [2.05, 4.69) is 16.8 Å². The number of esters is 1. The van der Waals surface area contributed by atoms with Crippen LogP contribution in [0.1, 0.15) is 70.4 Å². The van der Waals surface area contributed by atoms with Gasteiger partial charge in [-0.3, -0.25) is 13.9 Å². The van der Waals surface area contributed by atoms with Crippen molar-refractivity contribution in [2.45, 2.75) is 69.6 Å². The maximum Gasteiger partial charge on any atom is 0.305 e. The van der Waals surface area contributed by atoms with Crippen LogP contribution >= 0.6 is 0 Å². The summed E-state index contributed by atoms with van der Waals surface area (Å²) in [5, 5.41) is 3.38. The molecule has 0 bridgehead atoms. The summed E-state index contributed by atoms with van der Waals surface area (Å²) in [7, 11) is -8.44. The summed E-state index contributed by atoms with van der Waals surface area (Å²) in [6.45, 7) is 11.5. The van der Waals surface area contributed by atoms with E-state index in [9.17, 15) is 26.2 Å². The Morgan fingerprint density at radius 3 is 2.43 bits per heavy atom. The van der Waals surface area contributed by atoms with Crippen LogP contribution in [0.15, 0.2) is 102 Å². The summed E-state index contributed by atoms with van der Waals surface area (Å²) in [6.07, 6.45) is 17.1. The first kappa shape index (κ1) is 39.5. The van der Waals surface area contributed by atoms with Crippen molar-refractivity contribution in [3.8, 4) is 0 Å². The number of carbonyl (C=O) groups is 1. The molecule has 1 aliphatic rings. The van der Waals surface area contributed by atoms with E-state index in [1.165, 1.54) is 12.1 Å². The van der Waals surface area contributed by atoms with Crippen molar-refractivity contribution in [2.75, 3.05) is 35.7 Å². The fourth-order valence-corrected chi connectivity index (χ4v) is 6.46. The zero-order valence-corrected chi connectivity index (χ0v) is 30.1. The van der Waals surface area contributed by atoms with Crippen LogP contribution in [-0.4, -0.2) is 57.4 Å². The molecule has 0 radical (unpaired) electrons. The predicted molar refractivity (Wildman–Crippen MR) is 197 cm³/mol. The number of carbonyl (C=O) groups excluding carboxylic acids is 1. The van der Waals surface area contributed by atoms with Crippen molar-refractivity contribution in [1.29, 1.82) is 0 Å². The van der Waals surface area contributed by atoms with Crippen molar-refractivity contribution in [3.05, 3.63) is 108 Å². The van der Waals surface area contributed by atoms with Crippen LogP contribution in [0.5, 0.6) is 0 Å². The van der Waals surface area contributed by atoms with E-state index >= 15 is 0 Å². The zero-order valence-electron chi connectivity index (χ0n) is 28.5. The Morgan fingerprint density at radius 1 is 0.959 bits per heavy atom. The Hall–Kier alpha value is -3.97. The van der Waals surface area contributed by atoms with E-state index in [1.54, 1.807) is 13.0 Å². The van der Waals surface area contributed by atoms with E-state index in [0.717, 1.165) is 35.5 Å². The number of hydrogen-bond acceptors (Lipinski definition) is 8. The standard InChI is InChI=1S/C37H48N2O8S2/c1-5-47-36(40)20-10-7-13-25-38-34-24-23-32(49(44,45)46)28-33(34)37(3,4)29(2)16-8-6-9-18-31-22-21-30-17-11-12-19-35(30)39(31)26-14-15-27-48(41,42)43/h6,8-9,11-12,16-19,21-24,28,38H,2,5,7,10,13-15,20,25-27H2,1,3-4H3,(H,41,42,43)(H,44,45,46). The average molecular weight is 713 g/mol. The number of ether oxygens (including phenoxy) is 1. The van der Waals surface area contributed by atoms with E-state index < -0.39 is 25.7 Å². The maximum absolute atomic E-state index is 12.0. The zero-order chi connectivity index (χ0) is 36.1. The largest absolute Gasteiger partial charge is 0.466 e. The second-order valence-corrected chi connectivity index (χ2v) is 15.2. The molecule has 0 amide bonds. The third-order valence-electron chi connectivity index (χ3n) is 8.24. The van der Waals surface area contributed by atoms with Crippen LogP contribution < -0.4 is 10.2 Å². The van der Waals surface area contributed by atoms with E-state index in [4.69, 9.17) is 9.29 Å². The van der Waals surface area contributed by atoms with Gasteiger partial charge in [0.1, 0.15) is 0 Å². The van der Waals surface area contributed by atoms with Gasteiger partial charge in [0, 0.05) is 42.0 Å². The maximum atomic E-state index is 12.0. The molecule has 1 aliphatic heterocycles. The van der Waals surface area contributed by atoms with Gasteiger partial charge in [0.15, 0.2) is 0 Å². The summed E-state index contributed by atoms with van der Waals surface area (Å²) in [4.78, 5) is 13.5. The molecule has 2 aromatic carbocycles. The lowest BCUT2D eigenvalue weighted by Crippen LogP contribution is -2.25. The Morgan fingerprint density at radius 2 is 1.71 bits per heavy atom. The molecule has 3 N–H and O–H groups in total. The summed E-state index contributed by atoms with van der Waals surface area (Å²) < 4.78 is 70.2. The van der Waals surface area contributed by atoms with Gasteiger partial charge in [0.2, 0.25) is 0 Å². The molecule has 0 atom stereocenters. The third kappa shape index (κ3) is 12.5. The number of nitrogens with one attached hydrogen (secondary N) is 1. The number of nitrogens with zero attached hydrogens (tertiary/aromatic N) is 1. The summed E-state index contributed by atoms with van der Waals surface area (Å²) in [5.74, 6) is -0.484. The predicted octanol–water partition coefficient (Wildman–Crippen LogP) is 7.50. The van der Waals surface area contributed by atoms with Gasteiger partial charge in [-0.25, -0.2) is 0 Å². The highest BCUT2D eigenvalue weighted by Crippen LogP contribution is 2.38. The SMILES string of the molecule is C=C(C=CC=CC=C1C=Cc2ccccc2N1CCCCS(=O)(=O)O)C(C)(C)c1cc(S(=O)(=O)O)ccc1NCCCCCC(=O)OCC. The lowest BCUT2D eigenvalue weighted by molar-refractivity contribution is -0.143. The molecule has 266 valence electrons. The van der Waals surface area contributed by atoms with Crippen molar-refractivity contribution >= 4 is 43.7 Å². The quantitative estimate of drug-likeness (QED) is 0.0578. The molecule has 0 aliphatic carbocycles. The first-order valence-electron chi connectivity index (χ1n) is 16.4. The van der Waals surface area contributed by atoms with Gasteiger partial charge < -0.3 is 15.0 Å². The van der Waals surface area contributed by atoms with Gasteiger partial charge in [-0.15, -0.1) is 0 Å². The molecule has 10 nitrogen and oxygen atoms in total. The minimum atomic E-state index is -4.43. The highest BCUT2D eigenvalue weighted by atomic mass is 32.2. The third-order valence-corrected chi connectivity index (χ3v) is 9.89. The molecule has 0 spiro atoms. The smallest absolute Gasteiger partial charge is 0.305 e. The van der Waals surface area contributed by atoms with Crippen molar-refractivity contribution in [2.24, 2.45) is 0 Å². The number of anilines is 2. The molecule has 2 aromatic rings. The number of para-hydroxylation sites is 1. The number of allylic oxidation sites excluding steroid dienone is 7. The molecular weight excluding hydrogens is 665 g/mol. The molecule has 0 saturated carbocycles.